The van der Waals surface area contributed by atoms with Crippen molar-refractivity contribution in [2.45, 2.75) is 19.4 Å². The third-order valence-corrected chi connectivity index (χ3v) is 3.56. The number of benzene rings is 1. The molecule has 0 spiro atoms. The van der Waals surface area contributed by atoms with E-state index >= 15 is 0 Å². The predicted octanol–water partition coefficient (Wildman–Crippen LogP) is 2.30. The maximum Gasteiger partial charge on any atom is 0.192 e. The van der Waals surface area contributed by atoms with Gasteiger partial charge in [0.15, 0.2) is 5.96 Å². The van der Waals surface area contributed by atoms with Crippen molar-refractivity contribution < 1.29 is 8.78 Å². The minimum Gasteiger partial charge on any atom is -0.370 e. The maximum absolute atomic E-state index is 14.2. The van der Waals surface area contributed by atoms with Gasteiger partial charge in [-0.2, -0.15) is 0 Å². The summed E-state index contributed by atoms with van der Waals surface area (Å²) in [5.41, 5.74) is 5.58. The molecule has 0 aliphatic carbocycles. The molecule has 1 aromatic rings. The van der Waals surface area contributed by atoms with Gasteiger partial charge < -0.3 is 10.6 Å². The van der Waals surface area contributed by atoms with E-state index in [1.165, 1.54) is 19.1 Å². The fourth-order valence-corrected chi connectivity index (χ4v) is 2.37. The molecule has 0 saturated carbocycles. The zero-order valence-electron chi connectivity index (χ0n) is 11.1. The highest BCUT2D eigenvalue weighted by Crippen LogP contribution is 2.35. The Balaban J connectivity index is 2.51. The van der Waals surface area contributed by atoms with E-state index in [2.05, 4.69) is 11.6 Å². The lowest BCUT2D eigenvalue weighted by Crippen LogP contribution is -2.48. The minimum absolute atomic E-state index is 0.265. The van der Waals surface area contributed by atoms with Gasteiger partial charge in [-0.05, 0) is 31.5 Å². The number of hydrogen-bond donors (Lipinski definition) is 1. The van der Waals surface area contributed by atoms with Crippen LogP contribution in [0.5, 0.6) is 0 Å². The van der Waals surface area contributed by atoms with E-state index in [1.807, 2.05) is 0 Å². The molecule has 1 aliphatic heterocycles. The lowest BCUT2D eigenvalue weighted by molar-refractivity contribution is 0.236. The highest BCUT2D eigenvalue weighted by Gasteiger charge is 2.41. The van der Waals surface area contributed by atoms with E-state index in [0.29, 0.717) is 19.0 Å². The highest BCUT2D eigenvalue weighted by atomic mass is 19.1. The van der Waals surface area contributed by atoms with Crippen LogP contribution in [0.25, 0.3) is 0 Å². The number of aliphatic imine (C=N–C) groups is 1. The van der Waals surface area contributed by atoms with Crippen LogP contribution >= 0.6 is 0 Å². The Labute approximate surface area is 111 Å². The summed E-state index contributed by atoms with van der Waals surface area (Å²) in [4.78, 5) is 5.87. The maximum atomic E-state index is 14.2. The Hall–Kier alpha value is -1.91. The van der Waals surface area contributed by atoms with Crippen molar-refractivity contribution in [1.82, 2.24) is 4.90 Å². The molecule has 1 atom stereocenters. The van der Waals surface area contributed by atoms with E-state index in [0.717, 1.165) is 0 Å². The van der Waals surface area contributed by atoms with Gasteiger partial charge in [0.25, 0.3) is 0 Å². The number of nitrogens with zero attached hydrogens (tertiary/aromatic N) is 2. The zero-order valence-corrected chi connectivity index (χ0v) is 11.1. The van der Waals surface area contributed by atoms with E-state index < -0.39 is 17.2 Å². The summed E-state index contributed by atoms with van der Waals surface area (Å²) in [5, 5.41) is 0. The first kappa shape index (κ1) is 13.5. The molecule has 0 aromatic heterocycles. The molecular formula is C14H17F2N3. The lowest BCUT2D eigenvalue weighted by atomic mass is 9.89. The van der Waals surface area contributed by atoms with Gasteiger partial charge in [0.2, 0.25) is 0 Å². The summed E-state index contributed by atoms with van der Waals surface area (Å²) in [5.74, 6) is -0.551. The highest BCUT2D eigenvalue weighted by molar-refractivity contribution is 5.81. The number of guanidine groups is 1. The minimum atomic E-state index is -0.781. The lowest BCUT2D eigenvalue weighted by Gasteiger charge is -2.36. The smallest absolute Gasteiger partial charge is 0.192 e. The molecule has 1 aromatic carbocycles. The molecule has 0 saturated heterocycles. The van der Waals surface area contributed by atoms with E-state index in [1.54, 1.807) is 17.9 Å². The second-order valence-electron chi connectivity index (χ2n) is 4.93. The van der Waals surface area contributed by atoms with Gasteiger partial charge in [-0.1, -0.05) is 6.08 Å². The molecule has 2 N–H and O–H groups in total. The van der Waals surface area contributed by atoms with Crippen molar-refractivity contribution in [1.29, 1.82) is 0 Å². The average molecular weight is 265 g/mol. The fourth-order valence-electron chi connectivity index (χ4n) is 2.37. The summed E-state index contributed by atoms with van der Waals surface area (Å²) < 4.78 is 27.9. The Morgan fingerprint density at radius 1 is 1.47 bits per heavy atom. The first-order valence-corrected chi connectivity index (χ1v) is 6.04. The fraction of sp³-hybridized carbons (Fsp3) is 0.357. The molecule has 1 aliphatic rings. The number of hydrogen-bond acceptors (Lipinski definition) is 3. The number of nitrogens with two attached hydrogens (primary N) is 1. The average Bonchev–Trinajstić information content (AvgIpc) is 2.63. The monoisotopic (exact) mass is 265 g/mol. The van der Waals surface area contributed by atoms with Gasteiger partial charge in [0.05, 0.1) is 12.1 Å². The molecule has 3 nitrogen and oxygen atoms in total. The van der Waals surface area contributed by atoms with E-state index in [4.69, 9.17) is 5.73 Å². The SMILES string of the molecule is C=CCN1C(N)=NCC1(C)c1cc(F)c(C)cc1F. The first-order chi connectivity index (χ1) is 8.90. The summed E-state index contributed by atoms with van der Waals surface area (Å²) in [6.45, 7) is 7.71. The third kappa shape index (κ3) is 2.09. The van der Waals surface area contributed by atoms with Crippen LogP contribution in [0, 0.1) is 18.6 Å². The molecule has 0 fully saturated rings. The molecule has 5 heteroatoms. The van der Waals surface area contributed by atoms with E-state index in [9.17, 15) is 8.78 Å². The number of rotatable bonds is 3. The van der Waals surface area contributed by atoms with Gasteiger partial charge in [-0.25, -0.2) is 8.78 Å². The summed E-state index contributed by atoms with van der Waals surface area (Å²) >= 11 is 0. The summed E-state index contributed by atoms with van der Waals surface area (Å²) in [7, 11) is 0. The third-order valence-electron chi connectivity index (χ3n) is 3.56. The quantitative estimate of drug-likeness (QED) is 0.852. The standard InChI is InChI=1S/C14H17F2N3/c1-4-5-19-13(17)18-8-14(19,3)10-7-11(15)9(2)6-12(10)16/h4,6-7H,1,5,8H2,2-3H3,(H2,17,18). The number of halogens is 2. The predicted molar refractivity (Wildman–Crippen MR) is 71.8 cm³/mol. The Morgan fingerprint density at radius 3 is 2.79 bits per heavy atom. The van der Waals surface area contributed by atoms with Crippen molar-refractivity contribution in [2.24, 2.45) is 10.7 Å². The van der Waals surface area contributed by atoms with Crippen molar-refractivity contribution in [3.8, 4) is 0 Å². The molecule has 102 valence electrons. The molecule has 1 unspecified atom stereocenters. The van der Waals surface area contributed by atoms with Crippen LogP contribution in [0.1, 0.15) is 18.1 Å². The Bertz CT molecular complexity index is 554. The molecule has 19 heavy (non-hydrogen) atoms. The Morgan fingerprint density at radius 2 is 2.16 bits per heavy atom. The number of aryl methyl sites for hydroxylation is 1. The van der Waals surface area contributed by atoms with Crippen LogP contribution in [0.15, 0.2) is 29.8 Å². The summed E-state index contributed by atoms with van der Waals surface area (Å²) in [6, 6.07) is 2.44. The van der Waals surface area contributed by atoms with Gasteiger partial charge in [-0.3, -0.25) is 4.99 Å². The van der Waals surface area contributed by atoms with Crippen LogP contribution in [0.4, 0.5) is 8.78 Å². The van der Waals surface area contributed by atoms with Crippen molar-refractivity contribution >= 4 is 5.96 Å². The van der Waals surface area contributed by atoms with E-state index in [-0.39, 0.29) is 11.1 Å². The van der Waals surface area contributed by atoms with Gasteiger partial charge in [0.1, 0.15) is 11.6 Å². The second kappa shape index (κ2) is 4.64. The van der Waals surface area contributed by atoms with Crippen LogP contribution in [0.2, 0.25) is 0 Å². The first-order valence-electron chi connectivity index (χ1n) is 6.04. The summed E-state index contributed by atoms with van der Waals surface area (Å²) in [6.07, 6.45) is 1.66. The molecule has 1 heterocycles. The van der Waals surface area contributed by atoms with Crippen LogP contribution in [-0.4, -0.2) is 23.9 Å². The molecule has 0 radical (unpaired) electrons. The molecular weight excluding hydrogens is 248 g/mol. The topological polar surface area (TPSA) is 41.6 Å². The van der Waals surface area contributed by atoms with Crippen molar-refractivity contribution in [3.63, 3.8) is 0 Å². The van der Waals surface area contributed by atoms with Gasteiger partial charge in [0, 0.05) is 12.1 Å². The normalized spacial score (nSPS) is 22.5. The van der Waals surface area contributed by atoms with Crippen molar-refractivity contribution in [2.75, 3.05) is 13.1 Å². The molecule has 0 amide bonds. The Kier molecular flexibility index (Phi) is 3.30. The second-order valence-corrected chi connectivity index (χ2v) is 4.93. The van der Waals surface area contributed by atoms with Crippen LogP contribution in [0.3, 0.4) is 0 Å². The molecule has 0 bridgehead atoms. The van der Waals surface area contributed by atoms with Crippen LogP contribution in [-0.2, 0) is 5.54 Å². The van der Waals surface area contributed by atoms with Crippen molar-refractivity contribution in [3.05, 3.63) is 47.5 Å². The largest absolute Gasteiger partial charge is 0.370 e. The van der Waals surface area contributed by atoms with Gasteiger partial charge in [-0.15, -0.1) is 6.58 Å². The van der Waals surface area contributed by atoms with Crippen LogP contribution < -0.4 is 5.73 Å². The molecule has 2 rings (SSSR count). The zero-order chi connectivity index (χ0) is 14.2. The van der Waals surface area contributed by atoms with Gasteiger partial charge >= 0.3 is 0 Å².